The zero-order valence-electron chi connectivity index (χ0n) is 9.37. The molecule has 0 unspecified atom stereocenters. The van der Waals surface area contributed by atoms with Gasteiger partial charge in [-0.05, 0) is 0 Å². The molecule has 19 heavy (non-hydrogen) atoms. The summed E-state index contributed by atoms with van der Waals surface area (Å²) >= 11 is 0. The van der Waals surface area contributed by atoms with Gasteiger partial charge in [0.1, 0.15) is 0 Å². The van der Waals surface area contributed by atoms with E-state index in [1.165, 1.54) is 0 Å². The van der Waals surface area contributed by atoms with Gasteiger partial charge in [-0.25, -0.2) is 0 Å². The minimum Gasteiger partial charge on any atom is -0.822 e. The molecule has 0 amide bonds. The molecular formula is Ca5O11P3+3. The topological polar surface area (TPSA) is 222 Å². The zero-order valence-corrected chi connectivity index (χ0v) is 23.1. The van der Waals surface area contributed by atoms with Crippen LogP contribution >= 0.6 is 23.5 Å². The monoisotopic (exact) mass is 469 g/mol. The molecule has 0 N–H and O–H groups in total. The van der Waals surface area contributed by atoms with Gasteiger partial charge in [-0.15, -0.1) is 0 Å². The third kappa shape index (κ3) is 79.0. The first-order valence-electron chi connectivity index (χ1n) is 2.19. The second-order valence-electron chi connectivity index (χ2n) is 1.42. The Balaban J connectivity index is -0.0000000261. The molecule has 19 heteroatoms. The van der Waals surface area contributed by atoms with Crippen LogP contribution in [0.5, 0.6) is 0 Å². The van der Waals surface area contributed by atoms with Crippen molar-refractivity contribution in [2.45, 2.75) is 0 Å². The number of rotatable bonds is 2. The fourth-order valence-electron chi connectivity index (χ4n) is 0.122. The van der Waals surface area contributed by atoms with Gasteiger partial charge in [0.25, 0.3) is 0 Å². The fraction of sp³-hybridized carbons (Fsp3) is 0. The second kappa shape index (κ2) is 21.0. The van der Waals surface area contributed by atoms with E-state index in [-0.39, 0.29) is 189 Å². The number of hydrogen-bond acceptors (Lipinski definition) is 11. The van der Waals surface area contributed by atoms with E-state index in [9.17, 15) is 28.7 Å². The third-order valence-corrected chi connectivity index (χ3v) is 1.80. The fourth-order valence-corrected chi connectivity index (χ4v) is 1.10. The summed E-state index contributed by atoms with van der Waals surface area (Å²) < 4.78 is 29.7. The van der Waals surface area contributed by atoms with Crippen LogP contribution < -0.4 is 34.3 Å². The van der Waals surface area contributed by atoms with E-state index in [2.05, 4.69) is 4.31 Å². The van der Waals surface area contributed by atoms with Crippen molar-refractivity contribution in [3.63, 3.8) is 0 Å². The van der Waals surface area contributed by atoms with Gasteiger partial charge in [-0.3, -0.25) is 0 Å². The Labute approximate surface area is 257 Å². The molecule has 11 nitrogen and oxygen atoms in total. The van der Waals surface area contributed by atoms with E-state index >= 15 is 0 Å². The van der Waals surface area contributed by atoms with Crippen LogP contribution in [0.3, 0.4) is 0 Å². The smallest absolute Gasteiger partial charge is 0.822 e. The number of hydrogen-bond donors (Lipinski definition) is 0. The molecule has 0 aromatic carbocycles. The average molecular weight is 469 g/mol. The van der Waals surface area contributed by atoms with Gasteiger partial charge in [0, 0.05) is 0 Å². The van der Waals surface area contributed by atoms with Crippen molar-refractivity contribution < 1.29 is 52.3 Å². The molecule has 0 aliphatic carbocycles. The predicted molar refractivity (Wildman–Crippen MR) is 52.7 cm³/mol. The van der Waals surface area contributed by atoms with E-state index < -0.39 is 23.5 Å². The van der Waals surface area contributed by atoms with Gasteiger partial charge in [0.05, 0.1) is 15.6 Å². The zero-order chi connectivity index (χ0) is 12.2. The minimum absolute atomic E-state index is 0. The summed E-state index contributed by atoms with van der Waals surface area (Å²) in [5.74, 6) is 0. The molecule has 0 aromatic heterocycles. The Bertz CT molecular complexity index is 269. The van der Waals surface area contributed by atoms with Crippen LogP contribution in [0.2, 0.25) is 0 Å². The Morgan fingerprint density at radius 2 is 0.632 bits per heavy atom. The Kier molecular flexibility index (Phi) is 49.5. The van der Waals surface area contributed by atoms with E-state index in [0.29, 0.717) is 0 Å². The van der Waals surface area contributed by atoms with Crippen molar-refractivity contribution in [1.82, 2.24) is 0 Å². The van der Waals surface area contributed by atoms with Crippen molar-refractivity contribution in [3.8, 4) is 0 Å². The van der Waals surface area contributed by atoms with Crippen LogP contribution in [-0.4, -0.2) is 189 Å². The molecule has 0 fully saturated rings. The van der Waals surface area contributed by atoms with Crippen molar-refractivity contribution in [3.05, 3.63) is 0 Å². The van der Waals surface area contributed by atoms with Crippen LogP contribution in [0, 0.1) is 0 Å². The first kappa shape index (κ1) is 44.8. The summed E-state index contributed by atoms with van der Waals surface area (Å²) in [7, 11) is -16.7. The molecule has 0 heterocycles. The third-order valence-electron chi connectivity index (χ3n) is 0.200. The molecular weight excluding hydrogens is 469 g/mol. The van der Waals surface area contributed by atoms with Crippen molar-refractivity contribution in [1.29, 1.82) is 0 Å². The van der Waals surface area contributed by atoms with Crippen LogP contribution in [0.1, 0.15) is 0 Å². The first-order valence-corrected chi connectivity index (χ1v) is 6.57. The normalized spacial score (nSPS) is 9.63. The van der Waals surface area contributed by atoms with Crippen LogP contribution in [0.4, 0.5) is 0 Å². The summed E-state index contributed by atoms with van der Waals surface area (Å²) in [6.07, 6.45) is 0. The second-order valence-corrected chi connectivity index (χ2v) is 4.76. The predicted octanol–water partition coefficient (Wildman–Crippen LogP) is -8.07. The summed E-state index contributed by atoms with van der Waals surface area (Å²) in [6, 6.07) is 0. The molecule has 0 aliphatic heterocycles. The van der Waals surface area contributed by atoms with Crippen LogP contribution in [0.15, 0.2) is 0 Å². The maximum atomic E-state index is 9.32. The van der Waals surface area contributed by atoms with Gasteiger partial charge >= 0.3 is 189 Å². The van der Waals surface area contributed by atoms with Crippen molar-refractivity contribution in [2.75, 3.05) is 0 Å². The summed E-state index contributed by atoms with van der Waals surface area (Å²) in [4.78, 5) is 62.9. The van der Waals surface area contributed by atoms with Gasteiger partial charge in [0.15, 0.2) is 0 Å². The van der Waals surface area contributed by atoms with Crippen molar-refractivity contribution >= 4 is 212 Å². The molecule has 0 radical (unpaired) electrons. The van der Waals surface area contributed by atoms with E-state index in [1.807, 2.05) is 0 Å². The average Bonchev–Trinajstić information content (AvgIpc) is 1.42. The summed E-state index contributed by atoms with van der Waals surface area (Å²) in [5.41, 5.74) is 0. The van der Waals surface area contributed by atoms with E-state index in [1.54, 1.807) is 0 Å². The maximum Gasteiger partial charge on any atom is 2.00 e. The molecule has 0 saturated carbocycles. The minimum atomic E-state index is -5.68. The Morgan fingerprint density at radius 3 is 0.632 bits per heavy atom. The molecule has 0 aromatic rings. The van der Waals surface area contributed by atoms with Crippen molar-refractivity contribution in [2.24, 2.45) is 0 Å². The van der Waals surface area contributed by atoms with Gasteiger partial charge < -0.3 is 52.3 Å². The number of phosphoric acid groups is 3. The standard InChI is InChI=1S/5Ca.H4O7P2.H3O4P/c;;;;;1-8(2,3)7-9(4,5)6;1-5(2,3)4/h;;;;;(H2,1,2,3)(H2,4,5,6);(H3,1,2,3,4)/q5*+2;;/p-7. The van der Waals surface area contributed by atoms with Gasteiger partial charge in [-0.1, -0.05) is 0 Å². The summed E-state index contributed by atoms with van der Waals surface area (Å²) in [6.45, 7) is 0. The van der Waals surface area contributed by atoms with E-state index in [0.717, 1.165) is 0 Å². The summed E-state index contributed by atoms with van der Waals surface area (Å²) in [5, 5.41) is 0. The van der Waals surface area contributed by atoms with Gasteiger partial charge in [0.2, 0.25) is 0 Å². The maximum absolute atomic E-state index is 9.32. The Hall–Kier alpha value is 6.67. The molecule has 0 saturated heterocycles. The van der Waals surface area contributed by atoms with Crippen LogP contribution in [-0.2, 0) is 18.0 Å². The van der Waals surface area contributed by atoms with Crippen LogP contribution in [0.25, 0.3) is 0 Å². The van der Waals surface area contributed by atoms with E-state index in [4.69, 9.17) is 19.2 Å². The molecule has 0 aliphatic rings. The van der Waals surface area contributed by atoms with Gasteiger partial charge in [-0.2, -0.15) is 7.82 Å². The molecule has 88 valence electrons. The molecule has 0 spiro atoms. The SMILES string of the molecule is O=P([O-])([O-])OP(=O)([O-])[O-].O=P([O-])([O-])[O-].[Ca+2].[Ca+2].[Ca+2].[Ca+2].[Ca+2]. The first-order chi connectivity index (χ1) is 5.71. The molecule has 0 atom stereocenters. The molecule has 0 rings (SSSR count). The quantitative estimate of drug-likeness (QED) is 0.273. The molecule has 0 bridgehead atoms. The Morgan fingerprint density at radius 1 is 0.526 bits per heavy atom. The largest absolute Gasteiger partial charge is 2.00 e.